The first-order chi connectivity index (χ1) is 9.88. The normalized spacial score (nSPS) is 31.0. The van der Waals surface area contributed by atoms with Crippen molar-refractivity contribution in [2.75, 3.05) is 19.0 Å². The fraction of sp³-hybridized carbons (Fsp3) is 0.579. The smallest absolute Gasteiger partial charge is 0.0897 e. The number of anilines is 1. The van der Waals surface area contributed by atoms with Crippen molar-refractivity contribution in [2.24, 2.45) is 11.8 Å². The predicted octanol–water partition coefficient (Wildman–Crippen LogP) is 4.58. The number of hydrogen-bond donors (Lipinski definition) is 0. The maximum absolute atomic E-state index is 6.52. The van der Waals surface area contributed by atoms with Gasteiger partial charge in [-0.05, 0) is 56.7 Å². The van der Waals surface area contributed by atoms with Gasteiger partial charge in [-0.15, -0.1) is 0 Å². The Bertz CT molecular complexity index is 529. The van der Waals surface area contributed by atoms with Crippen LogP contribution in [0.4, 0.5) is 5.69 Å². The summed E-state index contributed by atoms with van der Waals surface area (Å²) < 4.78 is 6.52. The molecule has 2 heteroatoms. The number of ether oxygens (including phenoxy) is 1. The van der Waals surface area contributed by atoms with Crippen LogP contribution < -0.4 is 4.90 Å². The van der Waals surface area contributed by atoms with Crippen LogP contribution in [0.15, 0.2) is 36.4 Å². The van der Waals surface area contributed by atoms with E-state index >= 15 is 0 Å². The van der Waals surface area contributed by atoms with Crippen LogP contribution in [0.3, 0.4) is 0 Å². The quantitative estimate of drug-likeness (QED) is 0.738. The summed E-state index contributed by atoms with van der Waals surface area (Å²) in [6.45, 7) is 8.82. The Hall–Kier alpha value is -1.28. The van der Waals surface area contributed by atoms with Crippen molar-refractivity contribution in [3.8, 4) is 0 Å². The zero-order valence-corrected chi connectivity index (χ0v) is 13.7. The highest BCUT2D eigenvalue weighted by atomic mass is 16.5. The number of benzene rings is 1. The molecule has 1 aliphatic carbocycles. The minimum absolute atomic E-state index is 0.0257. The van der Waals surface area contributed by atoms with E-state index in [-0.39, 0.29) is 11.7 Å². The highest BCUT2D eigenvalue weighted by Gasteiger charge is 2.46. The van der Waals surface area contributed by atoms with Crippen LogP contribution in [0, 0.1) is 11.8 Å². The van der Waals surface area contributed by atoms with Crippen LogP contribution in [-0.4, -0.2) is 19.7 Å². The van der Waals surface area contributed by atoms with Crippen LogP contribution >= 0.6 is 0 Å². The Kier molecular flexibility index (Phi) is 3.61. The van der Waals surface area contributed by atoms with Crippen molar-refractivity contribution in [3.05, 3.63) is 42.0 Å². The summed E-state index contributed by atoms with van der Waals surface area (Å²) in [5, 5.41) is 0. The highest BCUT2D eigenvalue weighted by Crippen LogP contribution is 2.52. The predicted molar refractivity (Wildman–Crippen MR) is 88.6 cm³/mol. The molecule has 0 aromatic heterocycles. The lowest BCUT2D eigenvalue weighted by molar-refractivity contribution is -0.173. The van der Waals surface area contributed by atoms with Gasteiger partial charge in [0.15, 0.2) is 0 Å². The average Bonchev–Trinajstić information content (AvgIpc) is 2.45. The molecule has 0 radical (unpaired) electrons. The van der Waals surface area contributed by atoms with E-state index in [2.05, 4.69) is 63.7 Å². The lowest BCUT2D eigenvalue weighted by Crippen LogP contribution is -2.46. The third kappa shape index (κ3) is 2.62. The SMILES string of the molecule is C=C1CC[C@@H]2C[C@@H]1C(c1ccc(N(C)C)cc1)OC2(C)C. The summed E-state index contributed by atoms with van der Waals surface area (Å²) in [6.07, 6.45) is 3.79. The van der Waals surface area contributed by atoms with E-state index in [0.717, 1.165) is 6.42 Å². The third-order valence-electron chi connectivity index (χ3n) is 5.39. The Balaban J connectivity index is 1.90. The molecular formula is C19H27NO. The molecule has 1 aromatic carbocycles. The monoisotopic (exact) mass is 285 g/mol. The van der Waals surface area contributed by atoms with E-state index in [1.54, 1.807) is 0 Å². The molecule has 2 nitrogen and oxygen atoms in total. The van der Waals surface area contributed by atoms with E-state index < -0.39 is 0 Å². The second-order valence-electron chi connectivity index (χ2n) is 7.36. The topological polar surface area (TPSA) is 12.5 Å². The molecule has 0 N–H and O–H groups in total. The molecule has 1 saturated heterocycles. The van der Waals surface area contributed by atoms with Crippen LogP contribution in [-0.2, 0) is 4.74 Å². The van der Waals surface area contributed by atoms with Gasteiger partial charge in [0, 0.05) is 25.7 Å². The lowest BCUT2D eigenvalue weighted by Gasteiger charge is -2.50. The first-order valence-corrected chi connectivity index (χ1v) is 8.01. The van der Waals surface area contributed by atoms with Gasteiger partial charge in [0.25, 0.3) is 0 Å². The largest absolute Gasteiger partial charge is 0.378 e. The Morgan fingerprint density at radius 3 is 2.48 bits per heavy atom. The van der Waals surface area contributed by atoms with Crippen molar-refractivity contribution in [1.82, 2.24) is 0 Å². The zero-order valence-electron chi connectivity index (χ0n) is 13.7. The van der Waals surface area contributed by atoms with Crippen molar-refractivity contribution in [2.45, 2.75) is 44.8 Å². The van der Waals surface area contributed by atoms with Crippen molar-refractivity contribution in [3.63, 3.8) is 0 Å². The van der Waals surface area contributed by atoms with Gasteiger partial charge in [-0.1, -0.05) is 24.3 Å². The molecule has 2 fully saturated rings. The van der Waals surface area contributed by atoms with Crippen molar-refractivity contribution in [1.29, 1.82) is 0 Å². The number of nitrogens with zero attached hydrogens (tertiary/aromatic N) is 1. The first-order valence-electron chi connectivity index (χ1n) is 8.01. The summed E-state index contributed by atoms with van der Waals surface area (Å²) in [4.78, 5) is 2.13. The number of fused-ring (bicyclic) bond motifs is 2. The second kappa shape index (κ2) is 5.17. The summed E-state index contributed by atoms with van der Waals surface area (Å²) in [5.41, 5.74) is 3.88. The molecule has 3 rings (SSSR count). The lowest BCUT2D eigenvalue weighted by atomic mass is 9.67. The van der Waals surface area contributed by atoms with Gasteiger partial charge in [0.1, 0.15) is 0 Å². The molecule has 114 valence electrons. The second-order valence-corrected chi connectivity index (χ2v) is 7.36. The molecular weight excluding hydrogens is 258 g/mol. The van der Waals surface area contributed by atoms with Crippen LogP contribution in [0.1, 0.15) is 44.8 Å². The molecule has 3 atom stereocenters. The molecule has 1 saturated carbocycles. The molecule has 1 aromatic rings. The summed E-state index contributed by atoms with van der Waals surface area (Å²) >= 11 is 0. The van der Waals surface area contributed by atoms with Crippen LogP contribution in [0.5, 0.6) is 0 Å². The van der Waals surface area contributed by atoms with Gasteiger partial charge in [-0.25, -0.2) is 0 Å². The molecule has 0 amide bonds. The standard InChI is InChI=1S/C19H27NO/c1-13-6-9-15-12-17(13)18(21-19(15,2)3)14-7-10-16(11-8-14)20(4)5/h7-8,10-11,15,17-18H,1,6,9,12H2,2-5H3/t15-,17+,18?/m1/s1. The van der Waals surface area contributed by atoms with Gasteiger partial charge >= 0.3 is 0 Å². The van der Waals surface area contributed by atoms with Gasteiger partial charge < -0.3 is 9.64 Å². The van der Waals surface area contributed by atoms with Gasteiger partial charge in [0.05, 0.1) is 11.7 Å². The fourth-order valence-corrected chi connectivity index (χ4v) is 3.87. The first kappa shape index (κ1) is 14.6. The molecule has 0 spiro atoms. The van der Waals surface area contributed by atoms with E-state index in [1.807, 2.05) is 0 Å². The summed E-state index contributed by atoms with van der Waals surface area (Å²) in [7, 11) is 4.14. The Morgan fingerprint density at radius 1 is 1.19 bits per heavy atom. The van der Waals surface area contributed by atoms with Crippen molar-refractivity contribution >= 4 is 5.69 Å². The van der Waals surface area contributed by atoms with Crippen molar-refractivity contribution < 1.29 is 4.74 Å². The van der Waals surface area contributed by atoms with E-state index in [9.17, 15) is 0 Å². The van der Waals surface area contributed by atoms with Gasteiger partial charge in [-0.3, -0.25) is 0 Å². The van der Waals surface area contributed by atoms with Gasteiger partial charge in [0.2, 0.25) is 0 Å². The summed E-state index contributed by atoms with van der Waals surface area (Å²) in [5.74, 6) is 1.16. The Morgan fingerprint density at radius 2 is 1.86 bits per heavy atom. The minimum atomic E-state index is -0.0257. The zero-order chi connectivity index (χ0) is 15.2. The van der Waals surface area contributed by atoms with E-state index in [0.29, 0.717) is 11.8 Å². The highest BCUT2D eigenvalue weighted by molar-refractivity contribution is 5.46. The number of rotatable bonds is 2. The Labute approximate surface area is 128 Å². The maximum atomic E-state index is 6.52. The average molecular weight is 285 g/mol. The number of hydrogen-bond acceptors (Lipinski definition) is 2. The molecule has 21 heavy (non-hydrogen) atoms. The van der Waals surface area contributed by atoms with Gasteiger partial charge in [-0.2, -0.15) is 0 Å². The summed E-state index contributed by atoms with van der Waals surface area (Å²) in [6, 6.07) is 8.81. The third-order valence-corrected chi connectivity index (χ3v) is 5.39. The van der Waals surface area contributed by atoms with E-state index in [1.165, 1.54) is 29.7 Å². The fourth-order valence-electron chi connectivity index (χ4n) is 3.87. The maximum Gasteiger partial charge on any atom is 0.0897 e. The molecule has 1 aliphatic heterocycles. The molecule has 2 aliphatic rings. The van der Waals surface area contributed by atoms with Crippen LogP contribution in [0.25, 0.3) is 0 Å². The molecule has 1 heterocycles. The molecule has 1 unspecified atom stereocenters. The van der Waals surface area contributed by atoms with Crippen LogP contribution in [0.2, 0.25) is 0 Å². The minimum Gasteiger partial charge on any atom is -0.378 e. The van der Waals surface area contributed by atoms with E-state index in [4.69, 9.17) is 4.74 Å². The molecule has 2 bridgehead atoms.